The topological polar surface area (TPSA) is 93.8 Å². The zero-order chi connectivity index (χ0) is 15.8. The van der Waals surface area contributed by atoms with Crippen molar-refractivity contribution in [1.82, 2.24) is 20.3 Å². The Bertz CT molecular complexity index is 1030. The minimum atomic E-state index is -0.411. The number of hydrogen-bond acceptors (Lipinski definition) is 8. The third kappa shape index (κ3) is 2.43. The molecule has 4 rings (SSSR count). The molecule has 0 saturated heterocycles. The van der Waals surface area contributed by atoms with E-state index in [1.807, 2.05) is 24.5 Å². The molecule has 114 valence electrons. The Morgan fingerprint density at radius 3 is 3.00 bits per heavy atom. The number of carbonyl (C=O) groups excluding carboxylic acids is 1. The summed E-state index contributed by atoms with van der Waals surface area (Å²) in [4.78, 5) is 16.7. The maximum Gasteiger partial charge on any atom is 0.296 e. The van der Waals surface area contributed by atoms with Crippen LogP contribution in [0.15, 0.2) is 39.3 Å². The van der Waals surface area contributed by atoms with Gasteiger partial charge in [-0.2, -0.15) is 0 Å². The van der Waals surface area contributed by atoms with Gasteiger partial charge in [-0.25, -0.2) is 0 Å². The van der Waals surface area contributed by atoms with Gasteiger partial charge in [-0.1, -0.05) is 40.4 Å². The Morgan fingerprint density at radius 1 is 1.26 bits per heavy atom. The first-order chi connectivity index (χ1) is 11.3. The van der Waals surface area contributed by atoms with E-state index in [9.17, 15) is 4.79 Å². The first-order valence-corrected chi connectivity index (χ1v) is 8.62. The average Bonchev–Trinajstić information content (AvgIpc) is 3.21. The Hall–Kier alpha value is -2.52. The molecular weight excluding hydrogens is 334 g/mol. The van der Waals surface area contributed by atoms with Crippen LogP contribution in [-0.2, 0) is 0 Å². The van der Waals surface area contributed by atoms with Crippen LogP contribution in [0.1, 0.15) is 10.6 Å². The van der Waals surface area contributed by atoms with Gasteiger partial charge in [-0.3, -0.25) is 15.1 Å². The number of nitrogens with zero attached hydrogens (tertiary/aromatic N) is 4. The van der Waals surface area contributed by atoms with Crippen molar-refractivity contribution < 1.29 is 9.32 Å². The van der Waals surface area contributed by atoms with Crippen molar-refractivity contribution in [3.63, 3.8) is 0 Å². The lowest BCUT2D eigenvalue weighted by Crippen LogP contribution is -2.11. The summed E-state index contributed by atoms with van der Waals surface area (Å²) in [5, 5.41) is 16.5. The number of aromatic nitrogens is 4. The van der Waals surface area contributed by atoms with Gasteiger partial charge in [-0.15, -0.1) is 10.2 Å². The molecule has 0 saturated carbocycles. The summed E-state index contributed by atoms with van der Waals surface area (Å²) in [6.07, 6.45) is 3.58. The summed E-state index contributed by atoms with van der Waals surface area (Å²) in [7, 11) is 0. The second-order valence-corrected chi connectivity index (χ2v) is 6.61. The van der Waals surface area contributed by atoms with Gasteiger partial charge < -0.3 is 4.52 Å². The maximum absolute atomic E-state index is 12.4. The molecule has 0 aliphatic rings. The van der Waals surface area contributed by atoms with Gasteiger partial charge in [0.15, 0.2) is 4.34 Å². The van der Waals surface area contributed by atoms with Crippen LogP contribution in [0.2, 0.25) is 0 Å². The highest BCUT2D eigenvalue weighted by Gasteiger charge is 2.20. The van der Waals surface area contributed by atoms with E-state index in [0.29, 0.717) is 21.6 Å². The fraction of sp³-hybridized carbons (Fsp3) is 0.0714. The average molecular weight is 343 g/mol. The lowest BCUT2D eigenvalue weighted by atomic mass is 10.1. The highest BCUT2D eigenvalue weighted by atomic mass is 32.2. The van der Waals surface area contributed by atoms with Crippen LogP contribution >= 0.6 is 23.1 Å². The number of carbonyl (C=O) groups is 1. The van der Waals surface area contributed by atoms with Gasteiger partial charge >= 0.3 is 0 Å². The number of hydrogen-bond donors (Lipinski definition) is 1. The zero-order valence-corrected chi connectivity index (χ0v) is 13.4. The van der Waals surface area contributed by atoms with Crippen molar-refractivity contribution in [3.8, 4) is 0 Å². The van der Waals surface area contributed by atoms with Crippen molar-refractivity contribution >= 4 is 55.9 Å². The quantitative estimate of drug-likeness (QED) is 0.451. The molecule has 3 heterocycles. The van der Waals surface area contributed by atoms with Crippen LogP contribution in [0.4, 0.5) is 5.13 Å². The monoisotopic (exact) mass is 343 g/mol. The van der Waals surface area contributed by atoms with E-state index in [2.05, 4.69) is 25.7 Å². The number of benzene rings is 1. The molecular formula is C14H9N5O2S2. The summed E-state index contributed by atoms with van der Waals surface area (Å²) in [5.41, 5.74) is 1.27. The molecule has 0 radical (unpaired) electrons. The lowest BCUT2D eigenvalue weighted by Gasteiger charge is -1.98. The molecule has 1 aromatic carbocycles. The molecule has 1 N–H and O–H groups in total. The van der Waals surface area contributed by atoms with Crippen LogP contribution < -0.4 is 5.32 Å². The minimum Gasteiger partial charge on any atom is -0.350 e. The van der Waals surface area contributed by atoms with Gasteiger partial charge in [0.1, 0.15) is 5.52 Å². The number of nitrogens with one attached hydrogen (secondary N) is 1. The van der Waals surface area contributed by atoms with Crippen LogP contribution in [0.25, 0.3) is 21.8 Å². The molecule has 7 nitrogen and oxygen atoms in total. The van der Waals surface area contributed by atoms with E-state index in [0.717, 1.165) is 9.73 Å². The molecule has 23 heavy (non-hydrogen) atoms. The van der Waals surface area contributed by atoms with Crippen molar-refractivity contribution in [2.75, 3.05) is 11.6 Å². The van der Waals surface area contributed by atoms with E-state index in [1.165, 1.54) is 23.1 Å². The van der Waals surface area contributed by atoms with E-state index in [1.54, 1.807) is 12.3 Å². The number of rotatable bonds is 3. The summed E-state index contributed by atoms with van der Waals surface area (Å²) in [6.45, 7) is 0. The SMILES string of the molecule is CSc1nnc(NC(=O)c2onc3c2ccc2cccnc23)s1. The molecule has 9 heteroatoms. The predicted octanol–water partition coefficient (Wildman–Crippen LogP) is 3.20. The van der Waals surface area contributed by atoms with Crippen LogP contribution in [0.3, 0.4) is 0 Å². The van der Waals surface area contributed by atoms with Gasteiger partial charge in [0.2, 0.25) is 10.9 Å². The number of thioether (sulfide) groups is 1. The number of fused-ring (bicyclic) bond motifs is 3. The molecule has 0 spiro atoms. The van der Waals surface area contributed by atoms with Crippen molar-refractivity contribution in [2.45, 2.75) is 4.34 Å². The number of amides is 1. The number of anilines is 1. The van der Waals surface area contributed by atoms with E-state index >= 15 is 0 Å². The Morgan fingerprint density at radius 2 is 2.17 bits per heavy atom. The summed E-state index contributed by atoms with van der Waals surface area (Å²) in [5.74, 6) is -0.278. The fourth-order valence-corrected chi connectivity index (χ4v) is 3.37. The molecule has 0 aliphatic heterocycles. The van der Waals surface area contributed by atoms with E-state index in [-0.39, 0.29) is 5.76 Å². The standard InChI is InChI=1S/C14H9N5O2S2/c1-22-14-18-17-13(23-14)16-12(20)11-8-5-4-7-3-2-6-15-9(7)10(8)19-21-11/h2-6H,1H3,(H,16,17,20). The highest BCUT2D eigenvalue weighted by Crippen LogP contribution is 2.27. The highest BCUT2D eigenvalue weighted by molar-refractivity contribution is 8.00. The van der Waals surface area contributed by atoms with E-state index in [4.69, 9.17) is 4.52 Å². The maximum atomic E-state index is 12.4. The van der Waals surface area contributed by atoms with Crippen LogP contribution in [0, 0.1) is 0 Å². The Kier molecular flexibility index (Phi) is 3.43. The Balaban J connectivity index is 1.73. The molecule has 3 aromatic heterocycles. The van der Waals surface area contributed by atoms with Gasteiger partial charge in [0.25, 0.3) is 5.91 Å². The summed E-state index contributed by atoms with van der Waals surface area (Å²) in [6, 6.07) is 7.47. The number of pyridine rings is 1. The van der Waals surface area contributed by atoms with Gasteiger partial charge in [0.05, 0.1) is 10.9 Å². The first kappa shape index (κ1) is 14.1. The molecule has 0 atom stereocenters. The lowest BCUT2D eigenvalue weighted by molar-refractivity contribution is 0.0990. The largest absolute Gasteiger partial charge is 0.350 e. The van der Waals surface area contributed by atoms with Gasteiger partial charge in [-0.05, 0) is 18.4 Å². The molecule has 0 aliphatic carbocycles. The van der Waals surface area contributed by atoms with Crippen LogP contribution in [0.5, 0.6) is 0 Å². The predicted molar refractivity (Wildman–Crippen MR) is 89.0 cm³/mol. The molecule has 0 unspecified atom stereocenters. The fourth-order valence-electron chi connectivity index (χ4n) is 2.21. The van der Waals surface area contributed by atoms with Crippen molar-refractivity contribution in [1.29, 1.82) is 0 Å². The van der Waals surface area contributed by atoms with E-state index < -0.39 is 5.91 Å². The van der Waals surface area contributed by atoms with Gasteiger partial charge in [0, 0.05) is 11.6 Å². The normalized spacial score (nSPS) is 11.2. The Labute approximate surface area is 138 Å². The van der Waals surface area contributed by atoms with Crippen LogP contribution in [-0.4, -0.2) is 32.5 Å². The summed E-state index contributed by atoms with van der Waals surface area (Å²) >= 11 is 2.77. The minimum absolute atomic E-state index is 0.133. The third-order valence-corrected chi connectivity index (χ3v) is 5.04. The molecule has 0 fully saturated rings. The van der Waals surface area contributed by atoms with Crippen molar-refractivity contribution in [2.24, 2.45) is 0 Å². The first-order valence-electron chi connectivity index (χ1n) is 6.58. The molecule has 1 amide bonds. The summed E-state index contributed by atoms with van der Waals surface area (Å²) < 4.78 is 6.02. The smallest absolute Gasteiger partial charge is 0.296 e. The second-order valence-electron chi connectivity index (χ2n) is 4.58. The van der Waals surface area contributed by atoms with Crippen molar-refractivity contribution in [3.05, 3.63) is 36.2 Å². The second kappa shape index (κ2) is 5.60. The molecule has 4 aromatic rings. The third-order valence-electron chi connectivity index (χ3n) is 3.23. The zero-order valence-electron chi connectivity index (χ0n) is 11.8. The molecule has 0 bridgehead atoms.